The normalized spacial score (nSPS) is 13.4. The third-order valence-electron chi connectivity index (χ3n) is 6.18. The van der Waals surface area contributed by atoms with Gasteiger partial charge in [-0.05, 0) is 93.7 Å². The van der Waals surface area contributed by atoms with Crippen molar-refractivity contribution in [2.24, 2.45) is 0 Å². The Labute approximate surface area is 228 Å². The third kappa shape index (κ3) is 6.87. The molecule has 1 heterocycles. The molecular weight excluding hydrogens is 533 g/mol. The van der Waals surface area contributed by atoms with Gasteiger partial charge in [0.25, 0.3) is 10.0 Å². The second-order valence-electron chi connectivity index (χ2n) is 9.33. The molecule has 37 heavy (non-hydrogen) atoms. The number of aryl methyl sites for hydroxylation is 2. The van der Waals surface area contributed by atoms with Gasteiger partial charge in [0.2, 0.25) is 5.88 Å². The molecular formula is C27H31Cl2N3O4S. The van der Waals surface area contributed by atoms with Crippen molar-refractivity contribution in [2.75, 3.05) is 32.0 Å². The van der Waals surface area contributed by atoms with E-state index in [1.165, 1.54) is 6.07 Å². The molecule has 0 bridgehead atoms. The maximum absolute atomic E-state index is 13.3. The molecule has 1 N–H and O–H groups in total. The Morgan fingerprint density at radius 3 is 2.59 bits per heavy atom. The van der Waals surface area contributed by atoms with E-state index in [-0.39, 0.29) is 17.4 Å². The molecule has 0 fully saturated rings. The average molecular weight is 565 g/mol. The van der Waals surface area contributed by atoms with Gasteiger partial charge in [0, 0.05) is 17.3 Å². The van der Waals surface area contributed by atoms with E-state index in [0.29, 0.717) is 33.7 Å². The number of rotatable bonds is 10. The van der Waals surface area contributed by atoms with E-state index < -0.39 is 10.0 Å². The van der Waals surface area contributed by atoms with Crippen molar-refractivity contribution in [2.45, 2.75) is 44.1 Å². The van der Waals surface area contributed by atoms with Gasteiger partial charge < -0.3 is 14.4 Å². The molecule has 7 nitrogen and oxygen atoms in total. The van der Waals surface area contributed by atoms with Crippen molar-refractivity contribution >= 4 is 38.9 Å². The molecule has 0 saturated carbocycles. The smallest absolute Gasteiger partial charge is 0.262 e. The van der Waals surface area contributed by atoms with Gasteiger partial charge in [0.15, 0.2) is 0 Å². The minimum Gasteiger partial charge on any atom is -0.491 e. The molecule has 0 atom stereocenters. The summed E-state index contributed by atoms with van der Waals surface area (Å²) in [6, 6.07) is 12.1. The lowest BCUT2D eigenvalue weighted by atomic mass is 9.96. The van der Waals surface area contributed by atoms with E-state index in [2.05, 4.69) is 4.72 Å². The SMILES string of the molecule is Cc1c(Cl)cccc1S(=O)(=O)Nc1cc2c(nc1OCc1ccc(Cl)c(OCCN(C)C)c1)CCCC2. The van der Waals surface area contributed by atoms with Crippen molar-refractivity contribution in [3.63, 3.8) is 0 Å². The van der Waals surface area contributed by atoms with Gasteiger partial charge >= 0.3 is 0 Å². The number of hydrogen-bond donors (Lipinski definition) is 1. The van der Waals surface area contributed by atoms with Crippen LogP contribution in [0.4, 0.5) is 5.69 Å². The molecule has 4 rings (SSSR count). The predicted octanol–water partition coefficient (Wildman–Crippen LogP) is 5.90. The summed E-state index contributed by atoms with van der Waals surface area (Å²) >= 11 is 12.5. The Kier molecular flexibility index (Phi) is 8.85. The number of pyridine rings is 1. The van der Waals surface area contributed by atoms with E-state index in [9.17, 15) is 8.42 Å². The Morgan fingerprint density at radius 2 is 1.81 bits per heavy atom. The van der Waals surface area contributed by atoms with Crippen LogP contribution in [-0.4, -0.2) is 45.5 Å². The average Bonchev–Trinajstić information content (AvgIpc) is 2.85. The second kappa shape index (κ2) is 11.9. The molecule has 3 aromatic rings. The number of likely N-dealkylation sites (N-methyl/N-ethyl adjacent to an activating group) is 1. The fraction of sp³-hybridized carbons (Fsp3) is 0.370. The molecule has 198 valence electrons. The van der Waals surface area contributed by atoms with Gasteiger partial charge in [-0.3, -0.25) is 4.72 Å². The van der Waals surface area contributed by atoms with Crippen LogP contribution in [0.5, 0.6) is 11.6 Å². The molecule has 0 amide bonds. The van der Waals surface area contributed by atoms with Crippen molar-refractivity contribution in [1.29, 1.82) is 0 Å². The lowest BCUT2D eigenvalue weighted by Crippen LogP contribution is -2.19. The Hall–Kier alpha value is -2.52. The van der Waals surface area contributed by atoms with Crippen molar-refractivity contribution in [3.8, 4) is 11.6 Å². The monoisotopic (exact) mass is 563 g/mol. The van der Waals surface area contributed by atoms with Crippen LogP contribution >= 0.6 is 23.2 Å². The molecule has 0 aliphatic heterocycles. The zero-order valence-corrected chi connectivity index (χ0v) is 23.5. The van der Waals surface area contributed by atoms with Crippen LogP contribution in [0.1, 0.15) is 35.2 Å². The van der Waals surface area contributed by atoms with Gasteiger partial charge in [0.05, 0.1) is 9.92 Å². The minimum atomic E-state index is -3.92. The van der Waals surface area contributed by atoms with E-state index >= 15 is 0 Å². The lowest BCUT2D eigenvalue weighted by molar-refractivity contribution is 0.259. The summed E-state index contributed by atoms with van der Waals surface area (Å²) < 4.78 is 41.2. The zero-order valence-electron chi connectivity index (χ0n) is 21.2. The number of nitrogens with one attached hydrogen (secondary N) is 1. The lowest BCUT2D eigenvalue weighted by Gasteiger charge is -2.20. The Morgan fingerprint density at radius 1 is 1.03 bits per heavy atom. The topological polar surface area (TPSA) is 80.8 Å². The van der Waals surface area contributed by atoms with Gasteiger partial charge in [-0.15, -0.1) is 0 Å². The summed E-state index contributed by atoms with van der Waals surface area (Å²) in [6.07, 6.45) is 3.75. The van der Waals surface area contributed by atoms with E-state index in [4.69, 9.17) is 37.7 Å². The maximum Gasteiger partial charge on any atom is 0.262 e. The maximum atomic E-state index is 13.3. The van der Waals surface area contributed by atoms with Crippen LogP contribution in [-0.2, 0) is 29.5 Å². The summed E-state index contributed by atoms with van der Waals surface area (Å²) in [4.78, 5) is 6.85. The fourth-order valence-corrected chi connectivity index (χ4v) is 5.83. The zero-order chi connectivity index (χ0) is 26.6. The molecule has 0 unspecified atom stereocenters. The highest BCUT2D eigenvalue weighted by Gasteiger charge is 2.23. The molecule has 0 radical (unpaired) electrons. The number of anilines is 1. The van der Waals surface area contributed by atoms with Crippen LogP contribution in [0.2, 0.25) is 10.0 Å². The van der Waals surface area contributed by atoms with Gasteiger partial charge in [0.1, 0.15) is 24.7 Å². The summed E-state index contributed by atoms with van der Waals surface area (Å²) in [7, 11) is 0.0211. The molecule has 1 aromatic heterocycles. The predicted molar refractivity (Wildman–Crippen MR) is 148 cm³/mol. The van der Waals surface area contributed by atoms with Gasteiger partial charge in [-0.25, -0.2) is 13.4 Å². The highest BCUT2D eigenvalue weighted by atomic mass is 35.5. The first-order chi connectivity index (χ1) is 17.6. The van der Waals surface area contributed by atoms with Crippen LogP contribution in [0.25, 0.3) is 0 Å². The largest absolute Gasteiger partial charge is 0.491 e. The summed E-state index contributed by atoms with van der Waals surface area (Å²) in [6.45, 7) is 3.10. The third-order valence-corrected chi connectivity index (χ3v) is 8.42. The highest BCUT2D eigenvalue weighted by molar-refractivity contribution is 7.92. The minimum absolute atomic E-state index is 0.112. The molecule has 0 spiro atoms. The number of aromatic nitrogens is 1. The molecule has 2 aromatic carbocycles. The number of benzene rings is 2. The molecule has 0 saturated heterocycles. The number of ether oxygens (including phenoxy) is 2. The van der Waals surface area contributed by atoms with Gasteiger partial charge in [-0.2, -0.15) is 0 Å². The number of nitrogens with zero attached hydrogens (tertiary/aromatic N) is 2. The molecule has 10 heteroatoms. The first-order valence-corrected chi connectivity index (χ1v) is 14.4. The van der Waals surface area contributed by atoms with Crippen LogP contribution < -0.4 is 14.2 Å². The number of sulfonamides is 1. The second-order valence-corrected chi connectivity index (χ2v) is 11.8. The Balaban J connectivity index is 1.60. The summed E-state index contributed by atoms with van der Waals surface area (Å²) in [5.41, 5.74) is 3.57. The van der Waals surface area contributed by atoms with Crippen molar-refractivity contribution < 1.29 is 17.9 Å². The Bertz CT molecular complexity index is 1380. The standard InChI is InChI=1S/C27H31Cl2N3O4S/c1-18-21(28)8-6-10-26(18)37(33,34)31-24-16-20-7-4-5-9-23(20)30-27(24)36-17-19-11-12-22(29)25(15-19)35-14-13-32(2)3/h6,8,10-12,15-16,31H,4-5,7,9,13-14,17H2,1-3H3. The highest BCUT2D eigenvalue weighted by Crippen LogP contribution is 2.33. The molecule has 1 aliphatic carbocycles. The number of fused-ring (bicyclic) bond motifs is 1. The first kappa shape index (κ1) is 27.5. The van der Waals surface area contributed by atoms with Crippen LogP contribution in [0, 0.1) is 6.92 Å². The quantitative estimate of drug-likeness (QED) is 0.331. The molecule has 1 aliphatic rings. The fourth-order valence-electron chi connectivity index (χ4n) is 4.11. The van der Waals surface area contributed by atoms with Gasteiger partial charge in [-0.1, -0.05) is 35.3 Å². The number of halogens is 2. The first-order valence-electron chi connectivity index (χ1n) is 12.1. The van der Waals surface area contributed by atoms with E-state index in [0.717, 1.165) is 49.0 Å². The van der Waals surface area contributed by atoms with E-state index in [1.807, 2.05) is 37.2 Å². The van der Waals surface area contributed by atoms with Crippen LogP contribution in [0.15, 0.2) is 47.4 Å². The summed E-state index contributed by atoms with van der Waals surface area (Å²) in [5, 5.41) is 0.897. The van der Waals surface area contributed by atoms with E-state index in [1.54, 1.807) is 25.1 Å². The van der Waals surface area contributed by atoms with Crippen LogP contribution in [0.3, 0.4) is 0 Å². The summed E-state index contributed by atoms with van der Waals surface area (Å²) in [5.74, 6) is 0.800. The number of hydrogen-bond acceptors (Lipinski definition) is 6. The van der Waals surface area contributed by atoms with Crippen molar-refractivity contribution in [3.05, 3.63) is 74.9 Å². The van der Waals surface area contributed by atoms with Crippen molar-refractivity contribution in [1.82, 2.24) is 9.88 Å².